The van der Waals surface area contributed by atoms with Crippen LogP contribution in [0.5, 0.6) is 0 Å². The van der Waals surface area contributed by atoms with Gasteiger partial charge in [0.1, 0.15) is 5.25 Å². The molecule has 2 fully saturated rings. The van der Waals surface area contributed by atoms with Crippen LogP contribution in [0.2, 0.25) is 0 Å². The van der Waals surface area contributed by atoms with Crippen LogP contribution in [-0.4, -0.2) is 74.4 Å². The van der Waals surface area contributed by atoms with Crippen molar-refractivity contribution < 1.29 is 13.2 Å². The number of carbonyl (C=O) groups is 1. The molecule has 19 heavy (non-hydrogen) atoms. The summed E-state index contributed by atoms with van der Waals surface area (Å²) in [6.07, 6.45) is 1.95. The number of nitrogens with two attached hydrogens (primary N) is 1. The van der Waals surface area contributed by atoms with Crippen molar-refractivity contribution in [2.24, 2.45) is 5.73 Å². The van der Waals surface area contributed by atoms with Gasteiger partial charge in [-0.15, -0.1) is 0 Å². The van der Waals surface area contributed by atoms with Crippen molar-refractivity contribution in [3.8, 4) is 0 Å². The van der Waals surface area contributed by atoms with Gasteiger partial charge < -0.3 is 15.5 Å². The standard InChI is InChI=1S/C12H23N3O3S/c1-14-5-6-15(10(8-13)9-14)12(16)11-4-2-3-7-19(11,17)18/h10-11H,2-9,13H2,1H3. The van der Waals surface area contributed by atoms with E-state index in [1.165, 1.54) is 0 Å². The maximum Gasteiger partial charge on any atom is 0.241 e. The molecular formula is C12H23N3O3S. The fraction of sp³-hybridized carbons (Fsp3) is 0.917. The molecule has 0 aliphatic carbocycles. The fourth-order valence-electron chi connectivity index (χ4n) is 2.92. The van der Waals surface area contributed by atoms with E-state index in [-0.39, 0.29) is 17.7 Å². The predicted octanol–water partition coefficient (Wildman–Crippen LogP) is -0.945. The molecule has 2 saturated heterocycles. The van der Waals surface area contributed by atoms with Crippen LogP contribution in [0.3, 0.4) is 0 Å². The number of nitrogens with zero attached hydrogens (tertiary/aromatic N) is 2. The molecule has 1 amide bonds. The zero-order chi connectivity index (χ0) is 14.0. The minimum atomic E-state index is -3.26. The Balaban J connectivity index is 2.14. The number of hydrogen-bond acceptors (Lipinski definition) is 5. The van der Waals surface area contributed by atoms with Crippen molar-refractivity contribution in [2.75, 3.05) is 39.0 Å². The highest BCUT2D eigenvalue weighted by Crippen LogP contribution is 2.23. The van der Waals surface area contributed by atoms with E-state index in [1.54, 1.807) is 4.90 Å². The van der Waals surface area contributed by atoms with Crippen LogP contribution in [0, 0.1) is 0 Å². The Morgan fingerprint density at radius 1 is 1.32 bits per heavy atom. The van der Waals surface area contributed by atoms with Gasteiger partial charge in [-0.1, -0.05) is 6.42 Å². The third-order valence-corrected chi connectivity index (χ3v) is 6.26. The summed E-state index contributed by atoms with van der Waals surface area (Å²) in [7, 11) is -1.27. The number of likely N-dealkylation sites (N-methyl/N-ethyl adjacent to an activating group) is 1. The van der Waals surface area contributed by atoms with Crippen LogP contribution in [0.15, 0.2) is 0 Å². The highest BCUT2D eigenvalue weighted by atomic mass is 32.2. The molecule has 0 aromatic heterocycles. The normalized spacial score (nSPS) is 32.2. The highest BCUT2D eigenvalue weighted by molar-refractivity contribution is 7.92. The molecule has 2 aliphatic heterocycles. The minimum absolute atomic E-state index is 0.0663. The van der Waals surface area contributed by atoms with Crippen molar-refractivity contribution in [1.82, 2.24) is 9.80 Å². The average Bonchev–Trinajstić information content (AvgIpc) is 2.37. The summed E-state index contributed by atoms with van der Waals surface area (Å²) in [5, 5.41) is -0.835. The Morgan fingerprint density at radius 3 is 2.68 bits per heavy atom. The van der Waals surface area contributed by atoms with E-state index in [4.69, 9.17) is 5.73 Å². The maximum absolute atomic E-state index is 12.5. The number of rotatable bonds is 2. The summed E-state index contributed by atoms with van der Waals surface area (Å²) in [6.45, 7) is 2.44. The molecule has 2 rings (SSSR count). The lowest BCUT2D eigenvalue weighted by molar-refractivity contribution is -0.135. The quantitative estimate of drug-likeness (QED) is 0.709. The Kier molecular flexibility index (Phi) is 4.47. The second kappa shape index (κ2) is 5.76. The third kappa shape index (κ3) is 3.09. The van der Waals surface area contributed by atoms with Crippen LogP contribution in [-0.2, 0) is 14.6 Å². The van der Waals surface area contributed by atoms with E-state index in [0.29, 0.717) is 25.9 Å². The van der Waals surface area contributed by atoms with Gasteiger partial charge in [0.2, 0.25) is 5.91 Å². The molecule has 0 spiro atoms. The van der Waals surface area contributed by atoms with Gasteiger partial charge in [0.05, 0.1) is 11.8 Å². The Labute approximate surface area is 114 Å². The third-order valence-electron chi connectivity index (χ3n) is 4.10. The first-order valence-corrected chi connectivity index (χ1v) is 8.58. The molecule has 2 aliphatic rings. The molecule has 2 unspecified atom stereocenters. The van der Waals surface area contributed by atoms with Crippen molar-refractivity contribution in [3.63, 3.8) is 0 Å². The van der Waals surface area contributed by atoms with E-state index in [2.05, 4.69) is 4.90 Å². The molecule has 0 aromatic carbocycles. The molecule has 2 atom stereocenters. The van der Waals surface area contributed by atoms with Gasteiger partial charge in [0.25, 0.3) is 0 Å². The Hall–Kier alpha value is -0.660. The molecule has 7 heteroatoms. The highest BCUT2D eigenvalue weighted by Gasteiger charge is 2.40. The minimum Gasteiger partial charge on any atom is -0.335 e. The topological polar surface area (TPSA) is 83.7 Å². The summed E-state index contributed by atoms with van der Waals surface area (Å²) < 4.78 is 24.1. The monoisotopic (exact) mass is 289 g/mol. The second-order valence-corrected chi connectivity index (χ2v) is 7.84. The largest absolute Gasteiger partial charge is 0.335 e. The summed E-state index contributed by atoms with van der Waals surface area (Å²) in [6, 6.07) is -0.0663. The lowest BCUT2D eigenvalue weighted by Crippen LogP contribution is -2.60. The van der Waals surface area contributed by atoms with Crippen LogP contribution in [0.25, 0.3) is 0 Å². The van der Waals surface area contributed by atoms with Gasteiger partial charge in [-0.2, -0.15) is 0 Å². The van der Waals surface area contributed by atoms with Crippen molar-refractivity contribution in [1.29, 1.82) is 0 Å². The van der Waals surface area contributed by atoms with Gasteiger partial charge in [-0.05, 0) is 19.9 Å². The molecule has 0 bridgehead atoms. The van der Waals surface area contributed by atoms with Gasteiger partial charge in [0, 0.05) is 26.2 Å². The Bertz CT molecular complexity index is 438. The number of amides is 1. The van der Waals surface area contributed by atoms with Crippen molar-refractivity contribution >= 4 is 15.7 Å². The number of carbonyl (C=O) groups excluding carboxylic acids is 1. The van der Waals surface area contributed by atoms with E-state index < -0.39 is 15.1 Å². The molecule has 6 nitrogen and oxygen atoms in total. The van der Waals surface area contributed by atoms with Crippen LogP contribution in [0.1, 0.15) is 19.3 Å². The molecule has 0 saturated carbocycles. The number of sulfone groups is 1. The smallest absolute Gasteiger partial charge is 0.241 e. The lowest BCUT2D eigenvalue weighted by atomic mass is 10.1. The first-order chi connectivity index (χ1) is 8.95. The van der Waals surface area contributed by atoms with Gasteiger partial charge >= 0.3 is 0 Å². The Morgan fingerprint density at radius 2 is 2.05 bits per heavy atom. The molecule has 2 N–H and O–H groups in total. The lowest BCUT2D eigenvalue weighted by Gasteiger charge is -2.41. The molecule has 110 valence electrons. The van der Waals surface area contributed by atoms with Crippen LogP contribution >= 0.6 is 0 Å². The van der Waals surface area contributed by atoms with Crippen molar-refractivity contribution in [2.45, 2.75) is 30.6 Å². The van der Waals surface area contributed by atoms with Crippen LogP contribution < -0.4 is 5.73 Å². The van der Waals surface area contributed by atoms with E-state index in [0.717, 1.165) is 19.5 Å². The van der Waals surface area contributed by atoms with Gasteiger partial charge in [0.15, 0.2) is 9.84 Å². The number of hydrogen-bond donors (Lipinski definition) is 1. The molecular weight excluding hydrogens is 266 g/mol. The zero-order valence-electron chi connectivity index (χ0n) is 11.4. The van der Waals surface area contributed by atoms with E-state index in [9.17, 15) is 13.2 Å². The molecule has 0 aromatic rings. The van der Waals surface area contributed by atoms with E-state index >= 15 is 0 Å². The summed E-state index contributed by atoms with van der Waals surface area (Å²) in [5.41, 5.74) is 5.72. The van der Waals surface area contributed by atoms with Crippen LogP contribution in [0.4, 0.5) is 0 Å². The van der Waals surface area contributed by atoms with Gasteiger partial charge in [-0.25, -0.2) is 8.42 Å². The predicted molar refractivity (Wildman–Crippen MR) is 73.5 cm³/mol. The average molecular weight is 289 g/mol. The molecule has 0 radical (unpaired) electrons. The first-order valence-electron chi connectivity index (χ1n) is 6.86. The maximum atomic E-state index is 12.5. The molecule has 2 heterocycles. The van der Waals surface area contributed by atoms with Gasteiger partial charge in [-0.3, -0.25) is 4.79 Å². The summed E-state index contributed by atoms with van der Waals surface area (Å²) in [4.78, 5) is 16.3. The summed E-state index contributed by atoms with van der Waals surface area (Å²) in [5.74, 6) is -0.0898. The SMILES string of the molecule is CN1CCN(C(=O)C2CCCCS2(=O)=O)C(CN)C1. The fourth-order valence-corrected chi connectivity index (χ4v) is 4.78. The first kappa shape index (κ1) is 14.7. The van der Waals surface area contributed by atoms with E-state index in [1.807, 2.05) is 7.05 Å². The second-order valence-electron chi connectivity index (χ2n) is 5.53. The zero-order valence-corrected chi connectivity index (χ0v) is 12.2. The summed E-state index contributed by atoms with van der Waals surface area (Å²) >= 11 is 0. The van der Waals surface area contributed by atoms with Crippen molar-refractivity contribution in [3.05, 3.63) is 0 Å². The number of piperazine rings is 1.